The molecule has 0 spiro atoms. The number of ether oxygens (including phenoxy) is 1. The molecule has 0 aliphatic rings. The molecule has 154 valence electrons. The van der Waals surface area contributed by atoms with Crippen molar-refractivity contribution in [1.82, 2.24) is 5.32 Å². The van der Waals surface area contributed by atoms with Crippen LogP contribution in [0.1, 0.15) is 26.3 Å². The summed E-state index contributed by atoms with van der Waals surface area (Å²) < 4.78 is 6.03. The largest absolute Gasteiger partial charge is 0.444 e. The van der Waals surface area contributed by atoms with Crippen LogP contribution in [-0.2, 0) is 20.7 Å². The third-order valence-electron chi connectivity index (χ3n) is 3.55. The average molecular weight is 462 g/mol. The van der Waals surface area contributed by atoms with E-state index in [1.165, 1.54) is 0 Å². The summed E-state index contributed by atoms with van der Waals surface area (Å²) in [6, 6.07) is 14.3. The van der Waals surface area contributed by atoms with E-state index < -0.39 is 17.6 Å². The summed E-state index contributed by atoms with van der Waals surface area (Å²) in [4.78, 5) is 36.1. The van der Waals surface area contributed by atoms with Crippen LogP contribution in [0.25, 0.3) is 0 Å². The summed E-state index contributed by atoms with van der Waals surface area (Å²) in [5.41, 5.74) is 1.13. The Bertz CT molecular complexity index is 876. The second-order valence-electron chi connectivity index (χ2n) is 7.30. The number of para-hydroxylation sites is 2. The van der Waals surface area contributed by atoms with Crippen LogP contribution in [0.4, 0.5) is 16.2 Å². The number of amides is 3. The lowest BCUT2D eigenvalue weighted by molar-refractivity contribution is -0.116. The predicted octanol–water partition coefficient (Wildman–Crippen LogP) is 4.09. The monoisotopic (exact) mass is 461 g/mol. The van der Waals surface area contributed by atoms with E-state index in [0.29, 0.717) is 11.4 Å². The number of hydrogen-bond acceptors (Lipinski definition) is 4. The van der Waals surface area contributed by atoms with Crippen LogP contribution >= 0.6 is 15.9 Å². The van der Waals surface area contributed by atoms with Crippen molar-refractivity contribution in [1.29, 1.82) is 0 Å². The third-order valence-corrected chi connectivity index (χ3v) is 4.07. The minimum atomic E-state index is -0.677. The zero-order chi connectivity index (χ0) is 21.4. The molecule has 0 radical (unpaired) electrons. The molecule has 0 aliphatic carbocycles. The molecule has 0 saturated carbocycles. The highest BCUT2D eigenvalue weighted by Crippen LogP contribution is 2.21. The fraction of sp³-hybridized carbons (Fsp3) is 0.286. The molecule has 0 unspecified atom stereocenters. The minimum Gasteiger partial charge on any atom is -0.444 e. The second-order valence-corrected chi connectivity index (χ2v) is 8.22. The van der Waals surface area contributed by atoms with Gasteiger partial charge in [-0.15, -0.1) is 0 Å². The van der Waals surface area contributed by atoms with E-state index in [2.05, 4.69) is 31.9 Å². The Kier molecular flexibility index (Phi) is 7.78. The molecule has 3 amide bonds. The summed E-state index contributed by atoms with van der Waals surface area (Å²) in [5.74, 6) is -0.647. The Balaban J connectivity index is 1.92. The van der Waals surface area contributed by atoms with E-state index >= 15 is 0 Å². The van der Waals surface area contributed by atoms with Gasteiger partial charge in [0.2, 0.25) is 11.8 Å². The summed E-state index contributed by atoms with van der Waals surface area (Å²) in [5, 5.41) is 7.87. The molecule has 0 aliphatic heterocycles. The zero-order valence-electron chi connectivity index (χ0n) is 16.5. The first-order valence-corrected chi connectivity index (χ1v) is 9.82. The molecule has 2 aromatic carbocycles. The lowest BCUT2D eigenvalue weighted by Gasteiger charge is -2.19. The zero-order valence-corrected chi connectivity index (χ0v) is 18.1. The van der Waals surface area contributed by atoms with E-state index in [0.717, 1.165) is 10.0 Å². The smallest absolute Gasteiger partial charge is 0.408 e. The van der Waals surface area contributed by atoms with Crippen molar-refractivity contribution in [3.05, 3.63) is 58.6 Å². The fourth-order valence-corrected chi connectivity index (χ4v) is 2.61. The predicted molar refractivity (Wildman–Crippen MR) is 116 cm³/mol. The molecule has 0 heterocycles. The molecule has 0 fully saturated rings. The van der Waals surface area contributed by atoms with Crippen molar-refractivity contribution in [2.75, 3.05) is 17.2 Å². The first kappa shape index (κ1) is 22.4. The minimum absolute atomic E-state index is 0.204. The Morgan fingerprint density at radius 1 is 0.897 bits per heavy atom. The molecule has 0 bridgehead atoms. The number of benzene rings is 2. The van der Waals surface area contributed by atoms with Crippen LogP contribution in [0, 0.1) is 0 Å². The molecular weight excluding hydrogens is 438 g/mol. The maximum absolute atomic E-state index is 12.3. The number of hydrogen-bond donors (Lipinski definition) is 3. The molecule has 2 aromatic rings. The van der Waals surface area contributed by atoms with Gasteiger partial charge in [0.15, 0.2) is 0 Å². The quantitative estimate of drug-likeness (QED) is 0.603. The van der Waals surface area contributed by atoms with E-state index in [1.807, 2.05) is 24.3 Å². The van der Waals surface area contributed by atoms with Crippen LogP contribution in [0.3, 0.4) is 0 Å². The maximum Gasteiger partial charge on any atom is 0.408 e. The second kappa shape index (κ2) is 10.1. The van der Waals surface area contributed by atoms with Gasteiger partial charge in [-0.3, -0.25) is 9.59 Å². The molecule has 0 saturated heterocycles. The Hall–Kier alpha value is -2.87. The highest BCUT2D eigenvalue weighted by Gasteiger charge is 2.17. The van der Waals surface area contributed by atoms with Crippen LogP contribution in [0.15, 0.2) is 53.0 Å². The van der Waals surface area contributed by atoms with Crippen molar-refractivity contribution >= 4 is 45.2 Å². The number of rotatable bonds is 6. The van der Waals surface area contributed by atoms with Gasteiger partial charge in [0.25, 0.3) is 0 Å². The SMILES string of the molecule is CC(C)(C)OC(=O)NCC(=O)Nc1ccccc1NC(=O)Cc1ccc(Br)cc1. The van der Waals surface area contributed by atoms with Gasteiger partial charge in [-0.1, -0.05) is 40.2 Å². The van der Waals surface area contributed by atoms with Gasteiger partial charge in [-0.05, 0) is 50.6 Å². The Morgan fingerprint density at radius 3 is 2.00 bits per heavy atom. The fourth-order valence-electron chi connectivity index (χ4n) is 2.34. The lowest BCUT2D eigenvalue weighted by atomic mass is 10.1. The van der Waals surface area contributed by atoms with E-state index in [-0.39, 0.29) is 18.9 Å². The molecule has 8 heteroatoms. The number of carbonyl (C=O) groups excluding carboxylic acids is 3. The molecule has 2 rings (SSSR count). The van der Waals surface area contributed by atoms with Crippen LogP contribution in [-0.4, -0.2) is 30.1 Å². The van der Waals surface area contributed by atoms with Gasteiger partial charge in [-0.2, -0.15) is 0 Å². The Labute approximate surface area is 178 Å². The maximum atomic E-state index is 12.3. The standard InChI is InChI=1S/C21H24BrN3O4/c1-21(2,3)29-20(28)23-13-19(27)25-17-7-5-4-6-16(17)24-18(26)12-14-8-10-15(22)11-9-14/h4-11H,12-13H2,1-3H3,(H,23,28)(H,24,26)(H,25,27). The molecule has 0 aromatic heterocycles. The summed E-state index contributed by atoms with van der Waals surface area (Å²) in [7, 11) is 0. The van der Waals surface area contributed by atoms with E-state index in [9.17, 15) is 14.4 Å². The van der Waals surface area contributed by atoms with Crippen molar-refractivity contribution in [3.8, 4) is 0 Å². The van der Waals surface area contributed by atoms with E-state index in [1.54, 1.807) is 45.0 Å². The topological polar surface area (TPSA) is 96.5 Å². The third kappa shape index (κ3) is 8.35. The average Bonchev–Trinajstić information content (AvgIpc) is 2.62. The first-order valence-electron chi connectivity index (χ1n) is 9.02. The molecular formula is C21H24BrN3O4. The summed E-state index contributed by atoms with van der Waals surface area (Å²) in [6.07, 6.45) is -0.473. The number of carbonyl (C=O) groups is 3. The summed E-state index contributed by atoms with van der Waals surface area (Å²) >= 11 is 3.36. The molecule has 0 atom stereocenters. The van der Waals surface area contributed by atoms with Crippen molar-refractivity contribution in [3.63, 3.8) is 0 Å². The number of nitrogens with one attached hydrogen (secondary N) is 3. The highest BCUT2D eigenvalue weighted by molar-refractivity contribution is 9.10. The van der Waals surface area contributed by atoms with Gasteiger partial charge in [0.1, 0.15) is 12.1 Å². The molecule has 7 nitrogen and oxygen atoms in total. The summed E-state index contributed by atoms with van der Waals surface area (Å²) in [6.45, 7) is 4.95. The van der Waals surface area contributed by atoms with Gasteiger partial charge < -0.3 is 20.7 Å². The van der Waals surface area contributed by atoms with Gasteiger partial charge in [0.05, 0.1) is 17.8 Å². The number of halogens is 1. The normalized spacial score (nSPS) is 10.8. The van der Waals surface area contributed by atoms with Gasteiger partial charge in [0, 0.05) is 4.47 Å². The first-order chi connectivity index (χ1) is 13.6. The van der Waals surface area contributed by atoms with E-state index in [4.69, 9.17) is 4.74 Å². The van der Waals surface area contributed by atoms with Crippen LogP contribution in [0.5, 0.6) is 0 Å². The van der Waals surface area contributed by atoms with Gasteiger partial charge >= 0.3 is 6.09 Å². The van der Waals surface area contributed by atoms with Crippen molar-refractivity contribution < 1.29 is 19.1 Å². The molecule has 29 heavy (non-hydrogen) atoms. The van der Waals surface area contributed by atoms with Crippen LogP contribution < -0.4 is 16.0 Å². The van der Waals surface area contributed by atoms with Crippen molar-refractivity contribution in [2.24, 2.45) is 0 Å². The highest BCUT2D eigenvalue weighted by atomic mass is 79.9. The van der Waals surface area contributed by atoms with Gasteiger partial charge in [-0.25, -0.2) is 4.79 Å². The van der Waals surface area contributed by atoms with Crippen molar-refractivity contribution in [2.45, 2.75) is 32.8 Å². The Morgan fingerprint density at radius 2 is 1.45 bits per heavy atom. The number of alkyl carbamates (subject to hydrolysis) is 1. The molecule has 3 N–H and O–H groups in total. The van der Waals surface area contributed by atoms with Crippen LogP contribution in [0.2, 0.25) is 0 Å². The lowest BCUT2D eigenvalue weighted by Crippen LogP contribution is -2.37. The number of anilines is 2.